The third-order valence-electron chi connectivity index (χ3n) is 11.5. The summed E-state index contributed by atoms with van der Waals surface area (Å²) in [5.41, 5.74) is -3.61. The molecule has 3 heterocycles. The first-order chi connectivity index (χ1) is 34.4. The van der Waals surface area contributed by atoms with Crippen LogP contribution in [0.4, 0.5) is 0 Å². The van der Waals surface area contributed by atoms with Gasteiger partial charge in [-0.05, 0) is 139 Å². The summed E-state index contributed by atoms with van der Waals surface area (Å²) < 4.78 is 75.5. The largest absolute Gasteiger partial charge is 0.494 e. The Morgan fingerprint density at radius 3 is 1.93 bits per heavy atom. The average Bonchev–Trinajstić information content (AvgIpc) is 3.75. The first-order valence-corrected chi connectivity index (χ1v) is 23.8. The zero-order valence-electron chi connectivity index (χ0n) is 47.6. The molecule has 2 fully saturated rings. The molecule has 4 rings (SSSR count). The van der Waals surface area contributed by atoms with E-state index < -0.39 is 109 Å². The van der Waals surface area contributed by atoms with E-state index in [-0.39, 0.29) is 50.0 Å². The maximum Gasteiger partial charge on any atom is 0.311 e. The molecule has 18 heteroatoms. The molecule has 0 saturated carbocycles. The average molecular weight is 988 g/mol. The minimum Gasteiger partial charge on any atom is -0.494 e. The number of rotatable bonds is 17. The Labute approximate surface area is 420 Å². The molecule has 0 bridgehead atoms. The van der Waals surface area contributed by atoms with Gasteiger partial charge in [-0.25, -0.2) is 0 Å². The van der Waals surface area contributed by atoms with Crippen LogP contribution in [0.3, 0.4) is 0 Å². The lowest BCUT2D eigenvalue weighted by atomic mass is 9.93. The molecule has 5 atom stereocenters. The minimum atomic E-state index is -1.74. The van der Waals surface area contributed by atoms with E-state index in [2.05, 4.69) is 20.8 Å². The number of nitrogens with one attached hydrogen (secondary N) is 3. The fraction of sp³-hybridized carbons (Fsp3) is 0.712. The van der Waals surface area contributed by atoms with Crippen LogP contribution in [0.15, 0.2) is 18.2 Å². The smallest absolute Gasteiger partial charge is 0.311 e. The van der Waals surface area contributed by atoms with Gasteiger partial charge in [0.05, 0.1) is 28.3 Å². The number of amides is 2. The van der Waals surface area contributed by atoms with Gasteiger partial charge in [-0.15, -0.1) is 5.10 Å². The molecule has 1 aromatic carbocycles. The summed E-state index contributed by atoms with van der Waals surface area (Å²) in [6.45, 7) is 21.7. The highest BCUT2D eigenvalue weighted by Crippen LogP contribution is 2.37. The van der Waals surface area contributed by atoms with Gasteiger partial charge in [-0.3, -0.25) is 33.9 Å². The Balaban J connectivity index is 1.69. The van der Waals surface area contributed by atoms with Gasteiger partial charge in [0.1, 0.15) is 24.0 Å². The van der Waals surface area contributed by atoms with Crippen molar-refractivity contribution in [3.05, 3.63) is 40.6 Å². The summed E-state index contributed by atoms with van der Waals surface area (Å²) >= 11 is 0. The van der Waals surface area contributed by atoms with Crippen molar-refractivity contribution in [2.75, 3.05) is 39.4 Å². The first kappa shape index (κ1) is 51.1. The van der Waals surface area contributed by atoms with Crippen molar-refractivity contribution >= 4 is 35.7 Å². The van der Waals surface area contributed by atoms with Gasteiger partial charge in [-0.2, -0.15) is 0 Å². The van der Waals surface area contributed by atoms with Crippen molar-refractivity contribution in [3.63, 3.8) is 0 Å². The van der Waals surface area contributed by atoms with E-state index >= 15 is 0 Å². The van der Waals surface area contributed by atoms with Crippen LogP contribution in [0.5, 0.6) is 11.6 Å². The van der Waals surface area contributed by atoms with Crippen molar-refractivity contribution in [2.24, 2.45) is 21.7 Å². The monoisotopic (exact) mass is 988 g/mol. The molecule has 18 nitrogen and oxygen atoms in total. The van der Waals surface area contributed by atoms with E-state index in [1.165, 1.54) is 55.4 Å². The number of aryl methyl sites for hydroxylation is 1. The lowest BCUT2D eigenvalue weighted by Crippen LogP contribution is -2.65. The molecule has 2 aliphatic rings. The second-order valence-electron chi connectivity index (χ2n) is 21.9. The maximum atomic E-state index is 14.0. The number of benzene rings is 1. The second kappa shape index (κ2) is 22.9. The van der Waals surface area contributed by atoms with Crippen LogP contribution >= 0.6 is 0 Å². The Bertz CT molecular complexity index is 2280. The third-order valence-corrected chi connectivity index (χ3v) is 11.5. The quantitative estimate of drug-likeness (QED) is 0.0876. The molecule has 0 spiro atoms. The van der Waals surface area contributed by atoms with Gasteiger partial charge in [0.15, 0.2) is 12.2 Å². The van der Waals surface area contributed by atoms with E-state index in [9.17, 15) is 28.8 Å². The molecule has 70 heavy (non-hydrogen) atoms. The molecule has 392 valence electrons. The van der Waals surface area contributed by atoms with Crippen molar-refractivity contribution < 1.29 is 67.4 Å². The highest BCUT2D eigenvalue weighted by Gasteiger charge is 2.56. The van der Waals surface area contributed by atoms with E-state index in [0.717, 1.165) is 11.1 Å². The number of aromatic amines is 1. The van der Waals surface area contributed by atoms with E-state index in [0.29, 0.717) is 49.6 Å². The zero-order chi connectivity index (χ0) is 55.6. The van der Waals surface area contributed by atoms with Gasteiger partial charge in [-0.1, -0.05) is 19.9 Å². The predicted octanol–water partition coefficient (Wildman–Crippen LogP) is 6.48. The zero-order valence-corrected chi connectivity index (χ0v) is 43.6. The summed E-state index contributed by atoms with van der Waals surface area (Å²) in [6.07, 6.45) is -7.55. The Kier molecular flexibility index (Phi) is 16.7. The number of carbonyl (C=O) groups is 6. The summed E-state index contributed by atoms with van der Waals surface area (Å²) in [5.74, 6) is -3.48. The number of nitrogens with zero attached hydrogens (tertiary/aromatic N) is 2. The summed E-state index contributed by atoms with van der Waals surface area (Å²) in [5, 5.41) is 13.7. The van der Waals surface area contributed by atoms with E-state index in [1.54, 1.807) is 24.8 Å². The predicted molar refractivity (Wildman–Crippen MR) is 261 cm³/mol. The third kappa shape index (κ3) is 15.6. The van der Waals surface area contributed by atoms with Crippen LogP contribution < -0.4 is 20.1 Å². The van der Waals surface area contributed by atoms with Gasteiger partial charge >= 0.3 is 23.9 Å². The summed E-state index contributed by atoms with van der Waals surface area (Å²) in [6, 6.07) is 5.55. The fourth-order valence-corrected chi connectivity index (χ4v) is 7.23. The molecule has 0 radical (unpaired) electrons. The van der Waals surface area contributed by atoms with Crippen molar-refractivity contribution in [1.82, 2.24) is 25.7 Å². The Morgan fingerprint density at radius 2 is 1.37 bits per heavy atom. The normalized spacial score (nSPS) is 21.1. The maximum absolute atomic E-state index is 14.0. The van der Waals surface area contributed by atoms with Crippen molar-refractivity contribution in [1.29, 1.82) is 0 Å². The SMILES string of the molecule is [2H]CC(C)(C)C(=O)OC[C@H]1OC(Oc2n[nH]c(C(C)C)c2Cc2ccc(OCCCC(=O)NC(C)(C)C(=O)N3CCNCC3)cc2C)[C@H](OC(=O)C(C)(C)C[2H])[C@@H](OC(=O)C(C)(C)C[2H])[C@@H]1OC(=O)C(C)(C)C[2H]. The second-order valence-corrected chi connectivity index (χ2v) is 21.9. The number of piperazine rings is 1. The topological polar surface area (TPSA) is 223 Å². The van der Waals surface area contributed by atoms with Crippen molar-refractivity contribution in [3.8, 4) is 11.6 Å². The van der Waals surface area contributed by atoms with Crippen LogP contribution in [0, 0.1) is 28.6 Å². The van der Waals surface area contributed by atoms with Crippen LogP contribution in [-0.4, -0.2) is 126 Å². The number of H-pyrrole nitrogens is 1. The Hall–Kier alpha value is -5.23. The van der Waals surface area contributed by atoms with Gasteiger partial charge in [0.2, 0.25) is 30.1 Å². The van der Waals surface area contributed by atoms with Crippen LogP contribution in [0.1, 0.15) is 157 Å². The van der Waals surface area contributed by atoms with Crippen molar-refractivity contribution in [2.45, 2.75) is 179 Å². The van der Waals surface area contributed by atoms with Gasteiger partial charge < -0.3 is 48.7 Å². The van der Waals surface area contributed by atoms with Crippen LogP contribution in [0.2, 0.25) is 0 Å². The highest BCUT2D eigenvalue weighted by molar-refractivity contribution is 5.91. The minimum absolute atomic E-state index is 0.00347. The van der Waals surface area contributed by atoms with Crippen LogP contribution in [-0.2, 0) is 58.9 Å². The molecule has 2 aliphatic heterocycles. The first-order valence-electron chi connectivity index (χ1n) is 26.7. The lowest BCUT2D eigenvalue weighted by Gasteiger charge is -2.45. The van der Waals surface area contributed by atoms with E-state index in [1.807, 2.05) is 32.9 Å². The van der Waals surface area contributed by atoms with Gasteiger partial charge in [0, 0.05) is 55.8 Å². The lowest BCUT2D eigenvalue weighted by molar-refractivity contribution is -0.294. The number of ether oxygens (including phenoxy) is 7. The number of aromatic nitrogens is 2. The standard InChI is InChI=1S/C52H81N5O13/c1-30(2)37-34(28-32-20-21-33(27-31(32)3)64-26-18-19-36(58)54-52(16,17)43(59)57-24-22-53-23-25-57)41(56-55-37)70-42-40(69-47(63)51(13,14)15)39(68-46(62)50(10,11)12)38(67-45(61)49(7,8)9)35(66-42)29-65-44(60)48(4,5)6/h20-21,27,30,35,38-40,42,53H,18-19,22-26,28-29H2,1-17H3,(H,54,58)(H,55,56)/t35-,38-,39+,40-,42?/m1/s1/i4D,7D,10D,13D. The van der Waals surface area contributed by atoms with Gasteiger partial charge in [0.25, 0.3) is 0 Å². The molecular formula is C52H81N5O13. The number of esters is 4. The summed E-state index contributed by atoms with van der Waals surface area (Å²) in [4.78, 5) is 83.0. The molecule has 1 aromatic heterocycles. The molecule has 3 N–H and O–H groups in total. The number of hydrogen-bond acceptors (Lipinski definition) is 15. The molecule has 1 unspecified atom stereocenters. The van der Waals surface area contributed by atoms with Crippen LogP contribution in [0.25, 0.3) is 0 Å². The number of hydrogen-bond donors (Lipinski definition) is 3. The molecule has 2 aromatic rings. The van der Waals surface area contributed by atoms with E-state index in [4.69, 9.17) is 38.6 Å². The molecular weight excluding hydrogens is 903 g/mol. The summed E-state index contributed by atoms with van der Waals surface area (Å²) in [7, 11) is 0. The molecule has 2 saturated heterocycles. The highest BCUT2D eigenvalue weighted by atomic mass is 16.7. The number of carbonyl (C=O) groups excluding carboxylic acids is 6. The Morgan fingerprint density at radius 1 is 0.814 bits per heavy atom. The molecule has 2 amide bonds. The fourth-order valence-electron chi connectivity index (χ4n) is 7.23. The molecule has 0 aliphatic carbocycles.